The second kappa shape index (κ2) is 9.34. The van der Waals surface area contributed by atoms with Gasteiger partial charge in [-0.1, -0.05) is 33.1 Å². The summed E-state index contributed by atoms with van der Waals surface area (Å²) in [5.74, 6) is 1.11. The number of nitrogens with zero attached hydrogens (tertiary/aromatic N) is 3. The quantitative estimate of drug-likeness (QED) is 0.686. The van der Waals surface area contributed by atoms with Gasteiger partial charge < -0.3 is 15.4 Å². The molecule has 0 spiro atoms. The Morgan fingerprint density at radius 3 is 2.35 bits per heavy atom. The summed E-state index contributed by atoms with van der Waals surface area (Å²) < 4.78 is 5.37. The highest BCUT2D eigenvalue weighted by molar-refractivity contribution is 5.36. The van der Waals surface area contributed by atoms with Gasteiger partial charge in [-0.05, 0) is 19.8 Å². The van der Waals surface area contributed by atoms with Gasteiger partial charge in [0, 0.05) is 13.1 Å². The molecule has 0 radical (unpaired) electrons. The van der Waals surface area contributed by atoms with E-state index < -0.39 is 0 Å². The first-order chi connectivity index (χ1) is 9.73. The predicted octanol–water partition coefficient (Wildman–Crippen LogP) is 3.08. The first-order valence-corrected chi connectivity index (χ1v) is 7.56. The van der Waals surface area contributed by atoms with E-state index in [1.165, 1.54) is 12.8 Å². The Labute approximate surface area is 121 Å². The van der Waals surface area contributed by atoms with Gasteiger partial charge in [0.25, 0.3) is 0 Å². The first kappa shape index (κ1) is 16.5. The SMILES string of the molecule is CCCCC(CCC)Nc1nc(NC)nc(OCC)n1. The van der Waals surface area contributed by atoms with Crippen molar-refractivity contribution in [2.75, 3.05) is 24.3 Å². The fourth-order valence-electron chi connectivity index (χ4n) is 2.00. The van der Waals surface area contributed by atoms with E-state index in [2.05, 4.69) is 39.4 Å². The summed E-state index contributed by atoms with van der Waals surface area (Å²) in [7, 11) is 1.79. The molecule has 0 aliphatic rings. The maximum atomic E-state index is 5.37. The molecule has 1 unspecified atom stereocenters. The highest BCUT2D eigenvalue weighted by Crippen LogP contribution is 2.15. The van der Waals surface area contributed by atoms with Crippen molar-refractivity contribution in [1.29, 1.82) is 0 Å². The Morgan fingerprint density at radius 2 is 1.75 bits per heavy atom. The Bertz CT molecular complexity index is 386. The van der Waals surface area contributed by atoms with Gasteiger partial charge in [-0.15, -0.1) is 0 Å². The summed E-state index contributed by atoms with van der Waals surface area (Å²) in [6, 6.07) is 0.765. The highest BCUT2D eigenvalue weighted by atomic mass is 16.5. The number of unbranched alkanes of at least 4 members (excludes halogenated alkanes) is 1. The molecule has 6 nitrogen and oxygen atoms in total. The zero-order valence-electron chi connectivity index (χ0n) is 13.1. The van der Waals surface area contributed by atoms with Crippen LogP contribution in [0.25, 0.3) is 0 Å². The third-order valence-electron chi connectivity index (χ3n) is 2.99. The number of aromatic nitrogens is 3. The van der Waals surface area contributed by atoms with Gasteiger partial charge in [0.2, 0.25) is 11.9 Å². The summed E-state index contributed by atoms with van der Waals surface area (Å²) >= 11 is 0. The van der Waals surface area contributed by atoms with Gasteiger partial charge in [-0.3, -0.25) is 0 Å². The molecule has 20 heavy (non-hydrogen) atoms. The smallest absolute Gasteiger partial charge is 0.323 e. The number of ether oxygens (including phenoxy) is 1. The average molecular weight is 281 g/mol. The topological polar surface area (TPSA) is 72.0 Å². The largest absolute Gasteiger partial charge is 0.464 e. The second-order valence-corrected chi connectivity index (χ2v) is 4.72. The van der Waals surface area contributed by atoms with Gasteiger partial charge >= 0.3 is 6.01 Å². The molecule has 1 aromatic heterocycles. The van der Waals surface area contributed by atoms with Crippen molar-refractivity contribution in [2.45, 2.75) is 58.9 Å². The van der Waals surface area contributed by atoms with E-state index in [1.807, 2.05) is 6.92 Å². The van der Waals surface area contributed by atoms with E-state index in [0.717, 1.165) is 19.3 Å². The molecule has 2 N–H and O–H groups in total. The van der Waals surface area contributed by atoms with Gasteiger partial charge in [0.15, 0.2) is 0 Å². The van der Waals surface area contributed by atoms with Gasteiger partial charge in [0.05, 0.1) is 6.61 Å². The molecule has 1 aromatic rings. The third-order valence-corrected chi connectivity index (χ3v) is 2.99. The van der Waals surface area contributed by atoms with Crippen LogP contribution in [0, 0.1) is 0 Å². The van der Waals surface area contributed by atoms with Crippen molar-refractivity contribution in [3.63, 3.8) is 0 Å². The second-order valence-electron chi connectivity index (χ2n) is 4.72. The van der Waals surface area contributed by atoms with Gasteiger partial charge in [-0.25, -0.2) is 0 Å². The van der Waals surface area contributed by atoms with Gasteiger partial charge in [0.1, 0.15) is 0 Å². The maximum Gasteiger partial charge on any atom is 0.323 e. The Hall–Kier alpha value is -1.59. The molecule has 1 atom stereocenters. The van der Waals surface area contributed by atoms with Crippen LogP contribution in [0.2, 0.25) is 0 Å². The monoisotopic (exact) mass is 281 g/mol. The Kier molecular flexibility index (Phi) is 7.69. The van der Waals surface area contributed by atoms with E-state index >= 15 is 0 Å². The fourth-order valence-corrected chi connectivity index (χ4v) is 2.00. The normalized spacial score (nSPS) is 12.0. The summed E-state index contributed by atoms with van der Waals surface area (Å²) in [5, 5.41) is 6.34. The summed E-state index contributed by atoms with van der Waals surface area (Å²) in [5.41, 5.74) is 0. The number of rotatable bonds is 10. The third kappa shape index (κ3) is 5.59. The predicted molar refractivity (Wildman–Crippen MR) is 82.4 cm³/mol. The number of nitrogens with one attached hydrogen (secondary N) is 2. The minimum atomic E-state index is 0.361. The zero-order valence-corrected chi connectivity index (χ0v) is 13.1. The molecule has 1 heterocycles. The van der Waals surface area contributed by atoms with Crippen molar-refractivity contribution in [1.82, 2.24) is 15.0 Å². The molecule has 0 aromatic carbocycles. The van der Waals surface area contributed by atoms with Gasteiger partial charge in [-0.2, -0.15) is 15.0 Å². The van der Waals surface area contributed by atoms with Crippen LogP contribution in [0.15, 0.2) is 0 Å². The number of hydrogen-bond acceptors (Lipinski definition) is 6. The van der Waals surface area contributed by atoms with Crippen LogP contribution >= 0.6 is 0 Å². The number of hydrogen-bond donors (Lipinski definition) is 2. The molecule has 6 heteroatoms. The van der Waals surface area contributed by atoms with Crippen LogP contribution in [0.5, 0.6) is 6.01 Å². The molecule has 0 saturated carbocycles. The molecule has 114 valence electrons. The molecule has 0 aliphatic carbocycles. The van der Waals surface area contributed by atoms with Crippen molar-refractivity contribution in [3.05, 3.63) is 0 Å². The van der Waals surface area contributed by atoms with E-state index in [4.69, 9.17) is 4.74 Å². The van der Waals surface area contributed by atoms with Crippen molar-refractivity contribution in [3.8, 4) is 6.01 Å². The highest BCUT2D eigenvalue weighted by Gasteiger charge is 2.11. The molecule has 0 aliphatic heterocycles. The Morgan fingerprint density at radius 1 is 1.00 bits per heavy atom. The van der Waals surface area contributed by atoms with Crippen LogP contribution in [-0.4, -0.2) is 34.6 Å². The van der Waals surface area contributed by atoms with Crippen LogP contribution in [0.4, 0.5) is 11.9 Å². The van der Waals surface area contributed by atoms with Crippen LogP contribution in [0.3, 0.4) is 0 Å². The lowest BCUT2D eigenvalue weighted by molar-refractivity contribution is 0.312. The molecule has 0 fully saturated rings. The molecule has 0 bridgehead atoms. The lowest BCUT2D eigenvalue weighted by Gasteiger charge is -2.18. The summed E-state index contributed by atoms with van der Waals surface area (Å²) in [4.78, 5) is 12.8. The van der Waals surface area contributed by atoms with E-state index in [0.29, 0.717) is 30.6 Å². The first-order valence-electron chi connectivity index (χ1n) is 7.56. The zero-order chi connectivity index (χ0) is 14.8. The van der Waals surface area contributed by atoms with E-state index in [1.54, 1.807) is 7.05 Å². The van der Waals surface area contributed by atoms with Crippen molar-refractivity contribution < 1.29 is 4.74 Å². The lowest BCUT2D eigenvalue weighted by atomic mass is 10.1. The number of anilines is 2. The average Bonchev–Trinajstić information content (AvgIpc) is 2.45. The molecule has 0 saturated heterocycles. The Balaban J connectivity index is 2.78. The maximum absolute atomic E-state index is 5.37. The van der Waals surface area contributed by atoms with Crippen LogP contribution in [0.1, 0.15) is 52.9 Å². The summed E-state index contributed by atoms with van der Waals surface area (Å²) in [6.07, 6.45) is 5.80. The summed E-state index contributed by atoms with van der Waals surface area (Å²) in [6.45, 7) is 6.86. The van der Waals surface area contributed by atoms with Crippen molar-refractivity contribution >= 4 is 11.9 Å². The standard InChI is InChI=1S/C14H27N5O/c1-5-8-10-11(9-6-2)16-13-17-12(15-4)18-14(19-13)20-7-3/h11H,5-10H2,1-4H3,(H2,15,16,17,18,19). The molecule has 0 amide bonds. The minimum absolute atomic E-state index is 0.361. The fraction of sp³-hybridized carbons (Fsp3) is 0.786. The van der Waals surface area contributed by atoms with E-state index in [-0.39, 0.29) is 0 Å². The van der Waals surface area contributed by atoms with Crippen LogP contribution in [-0.2, 0) is 0 Å². The van der Waals surface area contributed by atoms with E-state index in [9.17, 15) is 0 Å². The van der Waals surface area contributed by atoms with Crippen molar-refractivity contribution in [2.24, 2.45) is 0 Å². The molecular formula is C14H27N5O. The lowest BCUT2D eigenvalue weighted by Crippen LogP contribution is -2.21. The minimum Gasteiger partial charge on any atom is -0.464 e. The molecule has 1 rings (SSSR count). The molecular weight excluding hydrogens is 254 g/mol. The van der Waals surface area contributed by atoms with Crippen LogP contribution < -0.4 is 15.4 Å².